The third kappa shape index (κ3) is 5.25. The van der Waals surface area contributed by atoms with Gasteiger partial charge in [-0.25, -0.2) is 4.98 Å². The molecule has 2 aromatic carbocycles. The zero-order valence-electron chi connectivity index (χ0n) is 17.5. The molecule has 0 radical (unpaired) electrons. The molecule has 0 amide bonds. The lowest BCUT2D eigenvalue weighted by molar-refractivity contribution is -0.180. The summed E-state index contributed by atoms with van der Waals surface area (Å²) < 4.78 is 20.3. The number of benzene rings is 2. The van der Waals surface area contributed by atoms with Gasteiger partial charge in [0.15, 0.2) is 5.79 Å². The number of nitrogens with zero attached hydrogens (tertiary/aromatic N) is 2. The van der Waals surface area contributed by atoms with Gasteiger partial charge in [-0.1, -0.05) is 42.0 Å². The largest absolute Gasteiger partial charge is 0.496 e. The van der Waals surface area contributed by atoms with E-state index in [9.17, 15) is 0 Å². The first kappa shape index (κ1) is 21.0. The van der Waals surface area contributed by atoms with Crippen molar-refractivity contribution in [3.8, 4) is 5.75 Å². The van der Waals surface area contributed by atoms with E-state index in [4.69, 9.17) is 14.2 Å². The molecule has 158 valence electrons. The summed E-state index contributed by atoms with van der Waals surface area (Å²) in [6, 6.07) is 16.8. The second kappa shape index (κ2) is 9.69. The fraction of sp³-hybridized carbons (Fsp3) is 0.375. The summed E-state index contributed by atoms with van der Waals surface area (Å²) in [5.74, 6) is 1.07. The number of thioether (sulfide) groups is 1. The van der Waals surface area contributed by atoms with Crippen LogP contribution in [0.1, 0.15) is 17.5 Å². The first-order valence-electron chi connectivity index (χ1n) is 10.2. The fourth-order valence-corrected chi connectivity index (χ4v) is 4.66. The van der Waals surface area contributed by atoms with Gasteiger partial charge in [-0.3, -0.25) is 0 Å². The maximum absolute atomic E-state index is 6.53. The predicted octanol–water partition coefficient (Wildman–Crippen LogP) is 4.74. The Morgan fingerprint density at radius 1 is 1.20 bits per heavy atom. The second-order valence-electron chi connectivity index (χ2n) is 7.64. The summed E-state index contributed by atoms with van der Waals surface area (Å²) in [6.07, 6.45) is 7.29. The smallest absolute Gasteiger partial charge is 0.187 e. The van der Waals surface area contributed by atoms with Crippen molar-refractivity contribution in [3.05, 3.63) is 78.4 Å². The van der Waals surface area contributed by atoms with E-state index in [1.54, 1.807) is 25.1 Å². The number of aryl methyl sites for hydroxylation is 2. The Labute approximate surface area is 182 Å². The third-order valence-electron chi connectivity index (χ3n) is 5.31. The minimum Gasteiger partial charge on any atom is -0.496 e. The molecule has 30 heavy (non-hydrogen) atoms. The first-order valence-corrected chi connectivity index (χ1v) is 11.2. The molecule has 5 nitrogen and oxygen atoms in total. The molecule has 6 heteroatoms. The molecule has 1 saturated heterocycles. The lowest BCUT2D eigenvalue weighted by Gasteiger charge is -2.28. The van der Waals surface area contributed by atoms with E-state index in [-0.39, 0.29) is 6.10 Å². The average Bonchev–Trinajstić information content (AvgIpc) is 3.43. The van der Waals surface area contributed by atoms with Crippen LogP contribution in [-0.2, 0) is 22.4 Å². The van der Waals surface area contributed by atoms with E-state index in [1.165, 1.54) is 11.1 Å². The molecule has 4 rings (SSSR count). The SMILES string of the molecule is COc1ccccc1SCC1COC(CCc2ccc(C)cc2)(Cn2ccnc2)O1. The summed E-state index contributed by atoms with van der Waals surface area (Å²) in [4.78, 5) is 5.29. The van der Waals surface area contributed by atoms with Gasteiger partial charge in [0.05, 0.1) is 32.7 Å². The number of hydrogen-bond donors (Lipinski definition) is 0. The van der Waals surface area contributed by atoms with Crippen molar-refractivity contribution in [2.75, 3.05) is 19.5 Å². The Balaban J connectivity index is 1.41. The van der Waals surface area contributed by atoms with Gasteiger partial charge in [0.1, 0.15) is 5.75 Å². The number of hydrogen-bond acceptors (Lipinski definition) is 5. The van der Waals surface area contributed by atoms with Crippen LogP contribution in [0.3, 0.4) is 0 Å². The van der Waals surface area contributed by atoms with Gasteiger partial charge in [0.2, 0.25) is 0 Å². The Kier molecular flexibility index (Phi) is 6.77. The van der Waals surface area contributed by atoms with Gasteiger partial charge in [-0.2, -0.15) is 0 Å². The maximum Gasteiger partial charge on any atom is 0.187 e. The molecule has 0 N–H and O–H groups in total. The van der Waals surface area contributed by atoms with Crippen molar-refractivity contribution in [2.24, 2.45) is 0 Å². The van der Waals surface area contributed by atoms with Gasteiger partial charge in [0.25, 0.3) is 0 Å². The number of para-hydroxylation sites is 1. The molecule has 0 bridgehead atoms. The zero-order chi connectivity index (χ0) is 20.8. The van der Waals surface area contributed by atoms with Crippen LogP contribution in [0.2, 0.25) is 0 Å². The highest BCUT2D eigenvalue weighted by Gasteiger charge is 2.41. The monoisotopic (exact) mass is 424 g/mol. The standard InChI is InChI=1S/C24H28N2O3S/c1-19-7-9-20(10-8-19)11-12-24(17-26-14-13-25-18-26)28-15-21(29-24)16-30-23-6-4-3-5-22(23)27-2/h3-10,13-14,18,21H,11-12,15-17H2,1-2H3. The number of aromatic nitrogens is 2. The van der Waals surface area contributed by atoms with Gasteiger partial charge >= 0.3 is 0 Å². The average molecular weight is 425 g/mol. The molecule has 0 spiro atoms. The molecule has 1 aromatic heterocycles. The van der Waals surface area contributed by atoms with Crippen molar-refractivity contribution in [3.63, 3.8) is 0 Å². The van der Waals surface area contributed by atoms with Crippen LogP contribution < -0.4 is 4.74 Å². The highest BCUT2D eigenvalue weighted by Crippen LogP contribution is 2.35. The second-order valence-corrected chi connectivity index (χ2v) is 8.71. The molecule has 2 unspecified atom stereocenters. The normalized spacial score (nSPS) is 21.1. The van der Waals surface area contributed by atoms with Gasteiger partial charge in [-0.05, 0) is 31.0 Å². The summed E-state index contributed by atoms with van der Waals surface area (Å²) >= 11 is 1.74. The van der Waals surface area contributed by atoms with E-state index < -0.39 is 5.79 Å². The molecule has 0 saturated carbocycles. The van der Waals surface area contributed by atoms with Crippen LogP contribution in [0.5, 0.6) is 5.75 Å². The molecular weight excluding hydrogens is 396 g/mol. The van der Waals surface area contributed by atoms with Gasteiger partial charge < -0.3 is 18.8 Å². The van der Waals surface area contributed by atoms with Crippen molar-refractivity contribution >= 4 is 11.8 Å². The van der Waals surface area contributed by atoms with Crippen LogP contribution in [0, 0.1) is 6.92 Å². The highest BCUT2D eigenvalue weighted by atomic mass is 32.2. The third-order valence-corrected chi connectivity index (χ3v) is 6.49. The molecule has 1 aliphatic rings. The maximum atomic E-state index is 6.53. The van der Waals surface area contributed by atoms with E-state index in [0.717, 1.165) is 29.2 Å². The summed E-state index contributed by atoms with van der Waals surface area (Å²) in [5, 5.41) is 0. The molecular formula is C24H28N2O3S. The van der Waals surface area contributed by atoms with Crippen molar-refractivity contribution in [1.29, 1.82) is 0 Å². The van der Waals surface area contributed by atoms with Crippen LogP contribution in [0.4, 0.5) is 0 Å². The molecule has 1 aliphatic heterocycles. The summed E-state index contributed by atoms with van der Waals surface area (Å²) in [6.45, 7) is 3.33. The van der Waals surface area contributed by atoms with Crippen LogP contribution in [0.15, 0.2) is 72.1 Å². The lowest BCUT2D eigenvalue weighted by atomic mass is 10.0. The van der Waals surface area contributed by atoms with E-state index >= 15 is 0 Å². The molecule has 2 atom stereocenters. The Bertz CT molecular complexity index is 930. The minimum atomic E-state index is -0.641. The lowest BCUT2D eigenvalue weighted by Crippen LogP contribution is -2.37. The zero-order valence-corrected chi connectivity index (χ0v) is 18.3. The van der Waals surface area contributed by atoms with E-state index in [1.807, 2.05) is 35.3 Å². The molecule has 3 aromatic rings. The van der Waals surface area contributed by atoms with E-state index in [0.29, 0.717) is 13.2 Å². The first-order chi connectivity index (χ1) is 14.7. The van der Waals surface area contributed by atoms with Crippen LogP contribution >= 0.6 is 11.8 Å². The minimum absolute atomic E-state index is 0.0291. The quantitative estimate of drug-likeness (QED) is 0.465. The van der Waals surface area contributed by atoms with Gasteiger partial charge in [-0.15, -0.1) is 11.8 Å². The predicted molar refractivity (Wildman–Crippen MR) is 119 cm³/mol. The number of ether oxygens (including phenoxy) is 3. The van der Waals surface area contributed by atoms with Crippen molar-refractivity contribution in [1.82, 2.24) is 9.55 Å². The van der Waals surface area contributed by atoms with Crippen LogP contribution in [0.25, 0.3) is 0 Å². The Morgan fingerprint density at radius 2 is 2.03 bits per heavy atom. The van der Waals surface area contributed by atoms with E-state index in [2.05, 4.69) is 42.2 Å². The fourth-order valence-electron chi connectivity index (χ4n) is 3.66. The number of rotatable bonds is 9. The molecule has 2 heterocycles. The Hall–Kier alpha value is -2.28. The van der Waals surface area contributed by atoms with Crippen LogP contribution in [-0.4, -0.2) is 40.9 Å². The van der Waals surface area contributed by atoms with Gasteiger partial charge in [0, 0.05) is 29.5 Å². The topological polar surface area (TPSA) is 45.5 Å². The molecule has 1 fully saturated rings. The summed E-state index contributed by atoms with van der Waals surface area (Å²) in [5.41, 5.74) is 2.57. The Morgan fingerprint density at radius 3 is 2.80 bits per heavy atom. The number of imidazole rings is 1. The number of methoxy groups -OCH3 is 1. The highest BCUT2D eigenvalue weighted by molar-refractivity contribution is 7.99. The molecule has 0 aliphatic carbocycles. The van der Waals surface area contributed by atoms with Crippen molar-refractivity contribution < 1.29 is 14.2 Å². The van der Waals surface area contributed by atoms with Crippen molar-refractivity contribution in [2.45, 2.75) is 43.1 Å². The summed E-state index contributed by atoms with van der Waals surface area (Å²) in [7, 11) is 1.70.